The van der Waals surface area contributed by atoms with Crippen LogP contribution < -0.4 is 0 Å². The fourth-order valence-corrected chi connectivity index (χ4v) is 5.57. The van der Waals surface area contributed by atoms with E-state index in [1.54, 1.807) is 0 Å². The van der Waals surface area contributed by atoms with Gasteiger partial charge in [-0.15, -0.1) is 0 Å². The molecule has 13 heteroatoms. The molecule has 0 bridgehead atoms. The third-order valence-electron chi connectivity index (χ3n) is 8.37. The second-order valence-corrected chi connectivity index (χ2v) is 12.2. The minimum Gasteiger partial charge on any atom is -0.394 e. The molecule has 0 radical (unpaired) electrons. The molecule has 262 valence electrons. The van der Waals surface area contributed by atoms with Crippen LogP contribution in [-0.2, 0) is 23.7 Å². The maximum Gasteiger partial charge on any atom is 0.187 e. The van der Waals surface area contributed by atoms with Gasteiger partial charge in [-0.2, -0.15) is 0 Å². The molecule has 44 heavy (non-hydrogen) atoms. The van der Waals surface area contributed by atoms with E-state index in [-0.39, 0.29) is 13.2 Å². The van der Waals surface area contributed by atoms with Gasteiger partial charge in [0.1, 0.15) is 54.9 Å². The minimum atomic E-state index is -1.75. The van der Waals surface area contributed by atoms with Gasteiger partial charge in [0.25, 0.3) is 0 Å². The number of aliphatic hydroxyl groups excluding tert-OH is 8. The lowest BCUT2D eigenvalue weighted by Gasteiger charge is -2.46. The van der Waals surface area contributed by atoms with Crippen LogP contribution in [0.3, 0.4) is 0 Å². The summed E-state index contributed by atoms with van der Waals surface area (Å²) >= 11 is 0. The third-order valence-corrected chi connectivity index (χ3v) is 8.37. The van der Waals surface area contributed by atoms with Crippen LogP contribution in [0.15, 0.2) is 0 Å². The summed E-state index contributed by atoms with van der Waals surface area (Å²) in [6, 6.07) is 0. The van der Waals surface area contributed by atoms with E-state index < -0.39 is 80.7 Å². The average molecular weight is 641 g/mol. The Morgan fingerprint density at radius 3 is 1.61 bits per heavy atom. The number of rotatable bonds is 24. The molecule has 2 rings (SSSR count). The summed E-state index contributed by atoms with van der Waals surface area (Å²) in [7, 11) is 0. The molecule has 0 aromatic heterocycles. The monoisotopic (exact) mass is 640 g/mol. The number of ether oxygens (including phenoxy) is 5. The minimum absolute atomic E-state index is 0.0239. The Morgan fingerprint density at radius 2 is 1.07 bits per heavy atom. The van der Waals surface area contributed by atoms with Gasteiger partial charge in [-0.25, -0.2) is 0 Å². The second-order valence-electron chi connectivity index (χ2n) is 12.2. The molecule has 2 saturated heterocycles. The van der Waals surface area contributed by atoms with E-state index in [2.05, 4.69) is 6.92 Å². The van der Waals surface area contributed by atoms with E-state index in [1.807, 2.05) is 0 Å². The fourth-order valence-electron chi connectivity index (χ4n) is 5.57. The zero-order valence-electron chi connectivity index (χ0n) is 26.4. The van der Waals surface area contributed by atoms with Crippen molar-refractivity contribution in [3.05, 3.63) is 0 Å². The van der Waals surface area contributed by atoms with Crippen LogP contribution in [0.1, 0.15) is 96.8 Å². The van der Waals surface area contributed by atoms with Gasteiger partial charge in [0.05, 0.1) is 26.4 Å². The fraction of sp³-hybridized carbons (Fsp3) is 1.00. The first-order valence-electron chi connectivity index (χ1n) is 16.7. The Morgan fingerprint density at radius 1 is 0.568 bits per heavy atom. The van der Waals surface area contributed by atoms with Crippen molar-refractivity contribution in [3.63, 3.8) is 0 Å². The van der Waals surface area contributed by atoms with Crippen molar-refractivity contribution >= 4 is 0 Å². The van der Waals surface area contributed by atoms with Crippen LogP contribution in [0.25, 0.3) is 0 Å². The number of hydrogen-bond acceptors (Lipinski definition) is 13. The van der Waals surface area contributed by atoms with E-state index in [9.17, 15) is 40.9 Å². The topological polar surface area (TPSA) is 208 Å². The Labute approximate surface area is 262 Å². The number of unbranched alkanes of at least 4 members (excludes halogenated alkanes) is 13. The van der Waals surface area contributed by atoms with Crippen LogP contribution in [0.4, 0.5) is 0 Å². The normalized spacial score (nSPS) is 33.5. The van der Waals surface area contributed by atoms with Crippen molar-refractivity contribution in [1.29, 1.82) is 0 Å². The molecular formula is C31H60O13. The quantitative estimate of drug-likeness (QED) is 0.0677. The summed E-state index contributed by atoms with van der Waals surface area (Å²) in [5, 5.41) is 80.7. The Hall–Kier alpha value is -0.520. The predicted octanol–water partition coefficient (Wildman–Crippen LogP) is 0.486. The molecule has 13 nitrogen and oxygen atoms in total. The summed E-state index contributed by atoms with van der Waals surface area (Å²) in [6.07, 6.45) is 1.45. The lowest BCUT2D eigenvalue weighted by atomic mass is 9.97. The van der Waals surface area contributed by atoms with Crippen LogP contribution in [0.2, 0.25) is 0 Å². The maximum atomic E-state index is 10.7. The van der Waals surface area contributed by atoms with Gasteiger partial charge in [0.15, 0.2) is 12.6 Å². The highest BCUT2D eigenvalue weighted by Crippen LogP contribution is 2.29. The first-order chi connectivity index (χ1) is 21.2. The van der Waals surface area contributed by atoms with Gasteiger partial charge in [0, 0.05) is 6.61 Å². The van der Waals surface area contributed by atoms with Crippen molar-refractivity contribution in [1.82, 2.24) is 0 Å². The molecule has 2 aliphatic rings. The molecule has 0 aliphatic carbocycles. The number of aliphatic hydroxyl groups is 8. The molecule has 0 aromatic rings. The van der Waals surface area contributed by atoms with Crippen molar-refractivity contribution < 1.29 is 64.5 Å². The second kappa shape index (κ2) is 22.9. The van der Waals surface area contributed by atoms with E-state index in [0.717, 1.165) is 12.8 Å². The average Bonchev–Trinajstić information content (AvgIpc) is 3.02. The van der Waals surface area contributed by atoms with Crippen molar-refractivity contribution in [2.75, 3.05) is 33.0 Å². The molecule has 0 amide bonds. The summed E-state index contributed by atoms with van der Waals surface area (Å²) in [6.45, 7) is 1.17. The van der Waals surface area contributed by atoms with Crippen LogP contribution >= 0.6 is 0 Å². The van der Waals surface area contributed by atoms with Gasteiger partial charge in [0.2, 0.25) is 0 Å². The van der Waals surface area contributed by atoms with E-state index in [0.29, 0.717) is 6.61 Å². The van der Waals surface area contributed by atoms with Crippen molar-refractivity contribution in [2.24, 2.45) is 0 Å². The highest BCUT2D eigenvalue weighted by atomic mass is 16.7. The van der Waals surface area contributed by atoms with Gasteiger partial charge < -0.3 is 64.5 Å². The van der Waals surface area contributed by atoms with Gasteiger partial charge in [-0.3, -0.25) is 0 Å². The molecule has 2 fully saturated rings. The first-order valence-corrected chi connectivity index (χ1v) is 16.7. The number of hydrogen-bond donors (Lipinski definition) is 8. The van der Waals surface area contributed by atoms with Gasteiger partial charge in [-0.1, -0.05) is 90.4 Å². The van der Waals surface area contributed by atoms with Gasteiger partial charge in [-0.05, 0) is 6.42 Å². The van der Waals surface area contributed by atoms with Crippen LogP contribution in [-0.4, -0.2) is 141 Å². The first kappa shape index (κ1) is 39.7. The Bertz CT molecular complexity index is 699. The summed E-state index contributed by atoms with van der Waals surface area (Å²) in [4.78, 5) is 0. The summed E-state index contributed by atoms with van der Waals surface area (Å²) in [5.74, 6) is 0. The van der Waals surface area contributed by atoms with Crippen molar-refractivity contribution in [2.45, 2.75) is 164 Å². The van der Waals surface area contributed by atoms with E-state index in [1.165, 1.54) is 77.0 Å². The molecule has 2 heterocycles. The lowest BCUT2D eigenvalue weighted by Crippen LogP contribution is -2.64. The molecule has 2 aliphatic heterocycles. The molecule has 0 unspecified atom stereocenters. The van der Waals surface area contributed by atoms with E-state index in [4.69, 9.17) is 23.7 Å². The molecule has 0 spiro atoms. The smallest absolute Gasteiger partial charge is 0.187 e. The van der Waals surface area contributed by atoms with Gasteiger partial charge >= 0.3 is 0 Å². The summed E-state index contributed by atoms with van der Waals surface area (Å²) in [5.41, 5.74) is 0. The standard InChI is InChI=1S/C31H60O13/c1-2-3-4-5-6-7-8-9-10-11-12-13-14-15-16-40-19-21(34)20-41-30-28(39)26(37)29(23(18-33)43-30)44-31-27(38)25(36)24(35)22(17-32)42-31/h21-39H,2-20H2,1H3/t21-,22+,23+,24+,25-,26+,27+,28+,29+,30+,31-/m0/s1. The lowest BCUT2D eigenvalue weighted by molar-refractivity contribution is -0.360. The highest BCUT2D eigenvalue weighted by Gasteiger charge is 2.50. The Balaban J connectivity index is 1.56. The Kier molecular flexibility index (Phi) is 20.7. The van der Waals surface area contributed by atoms with Crippen LogP contribution in [0, 0.1) is 0 Å². The zero-order valence-corrected chi connectivity index (χ0v) is 26.4. The molecule has 8 N–H and O–H groups in total. The molecular weight excluding hydrogens is 580 g/mol. The molecule has 0 aromatic carbocycles. The zero-order chi connectivity index (χ0) is 32.3. The summed E-state index contributed by atoms with van der Waals surface area (Å²) < 4.78 is 27.3. The molecule has 11 atom stereocenters. The molecule has 0 saturated carbocycles. The largest absolute Gasteiger partial charge is 0.394 e. The highest BCUT2D eigenvalue weighted by molar-refractivity contribution is 4.94. The SMILES string of the molecule is CCCCCCCCCCCCCCCCOC[C@H](O)CO[C@@H]1O[C@H](CO)[C@@H](O[C@@H]2O[C@H](CO)[C@@H](O)[C@H](O)[C@H]2O)[C@H](O)[C@H]1O. The van der Waals surface area contributed by atoms with Crippen LogP contribution in [0.5, 0.6) is 0 Å². The van der Waals surface area contributed by atoms with Crippen molar-refractivity contribution in [3.8, 4) is 0 Å². The van der Waals surface area contributed by atoms with E-state index >= 15 is 0 Å². The third kappa shape index (κ3) is 13.7. The predicted molar refractivity (Wildman–Crippen MR) is 159 cm³/mol. The maximum absolute atomic E-state index is 10.7.